The number of aliphatic hydroxyl groups excluding tert-OH is 1. The monoisotopic (exact) mass is 565 g/mol. The molecule has 3 heterocycles. The minimum atomic E-state index is -3.22. The Bertz CT molecular complexity index is 1320. The number of anilines is 1. The fourth-order valence-electron chi connectivity index (χ4n) is 4.65. The number of aromatic nitrogens is 4. The minimum Gasteiger partial charge on any atom is -0.391 e. The van der Waals surface area contributed by atoms with Crippen molar-refractivity contribution in [1.82, 2.24) is 20.0 Å². The SMILES string of the molecule is C[Si](C)(C)CCOCn1nc(N2CCC(Cc3ccc(F)c(F)c3C(F)F)C2=O)c(CO)c1-c1ccnnc1. The number of carbonyl (C=O) groups excluding carboxylic acids is 1. The number of hydrogen-bond donors (Lipinski definition) is 1. The first-order valence-electron chi connectivity index (χ1n) is 12.6. The van der Waals surface area contributed by atoms with Crippen molar-refractivity contribution in [3.8, 4) is 11.3 Å². The third kappa shape index (κ3) is 6.36. The first-order valence-corrected chi connectivity index (χ1v) is 16.3. The number of halogens is 4. The molecule has 1 atom stereocenters. The molecule has 39 heavy (non-hydrogen) atoms. The van der Waals surface area contributed by atoms with Crippen LogP contribution in [0.3, 0.4) is 0 Å². The summed E-state index contributed by atoms with van der Waals surface area (Å²) in [4.78, 5) is 14.8. The number of aliphatic hydroxyl groups is 1. The van der Waals surface area contributed by atoms with Crippen LogP contribution in [0.15, 0.2) is 30.6 Å². The van der Waals surface area contributed by atoms with Crippen LogP contribution in [0.4, 0.5) is 23.4 Å². The molecular weight excluding hydrogens is 534 g/mol. The zero-order valence-corrected chi connectivity index (χ0v) is 23.0. The first kappa shape index (κ1) is 28.8. The molecule has 3 aromatic rings. The maximum atomic E-state index is 14.1. The van der Waals surface area contributed by atoms with Gasteiger partial charge in [0.15, 0.2) is 17.5 Å². The molecule has 1 saturated heterocycles. The number of carbonyl (C=O) groups is 1. The van der Waals surface area contributed by atoms with E-state index in [9.17, 15) is 27.5 Å². The van der Waals surface area contributed by atoms with E-state index in [2.05, 4.69) is 34.9 Å². The topological polar surface area (TPSA) is 93.4 Å². The van der Waals surface area contributed by atoms with Gasteiger partial charge in [0.1, 0.15) is 6.73 Å². The summed E-state index contributed by atoms with van der Waals surface area (Å²) in [5.74, 6) is -3.89. The average Bonchev–Trinajstić information content (AvgIpc) is 3.43. The van der Waals surface area contributed by atoms with Crippen LogP contribution in [0.1, 0.15) is 29.5 Å². The van der Waals surface area contributed by atoms with E-state index in [1.165, 1.54) is 17.3 Å². The summed E-state index contributed by atoms with van der Waals surface area (Å²) in [6, 6.07) is 4.53. The zero-order valence-electron chi connectivity index (χ0n) is 22.0. The molecular formula is C26H31F4N5O3Si. The molecule has 1 N–H and O–H groups in total. The number of benzene rings is 1. The van der Waals surface area contributed by atoms with Crippen molar-refractivity contribution < 1.29 is 32.2 Å². The minimum absolute atomic E-state index is 0.0766. The van der Waals surface area contributed by atoms with Crippen LogP contribution in [0, 0.1) is 17.6 Å². The fraction of sp³-hybridized carbons (Fsp3) is 0.462. The van der Waals surface area contributed by atoms with Gasteiger partial charge in [-0.05, 0) is 36.6 Å². The van der Waals surface area contributed by atoms with E-state index in [1.807, 2.05) is 0 Å². The normalized spacial score (nSPS) is 16.1. The van der Waals surface area contributed by atoms with Gasteiger partial charge in [-0.3, -0.25) is 9.69 Å². The van der Waals surface area contributed by atoms with Gasteiger partial charge in [-0.15, -0.1) is 0 Å². The summed E-state index contributed by atoms with van der Waals surface area (Å²) < 4.78 is 62.2. The molecule has 0 spiro atoms. The van der Waals surface area contributed by atoms with Crippen LogP contribution >= 0.6 is 0 Å². The lowest BCUT2D eigenvalue weighted by Gasteiger charge is -2.17. The lowest BCUT2D eigenvalue weighted by atomic mass is 9.94. The summed E-state index contributed by atoms with van der Waals surface area (Å²) in [6.45, 7) is 7.09. The molecule has 1 fully saturated rings. The molecule has 1 amide bonds. The molecule has 0 radical (unpaired) electrons. The maximum Gasteiger partial charge on any atom is 0.267 e. The van der Waals surface area contributed by atoms with E-state index in [-0.39, 0.29) is 37.5 Å². The van der Waals surface area contributed by atoms with Crippen molar-refractivity contribution in [3.05, 3.63) is 58.9 Å². The van der Waals surface area contributed by atoms with E-state index >= 15 is 0 Å². The molecule has 8 nitrogen and oxygen atoms in total. The van der Waals surface area contributed by atoms with Crippen LogP contribution in [0.2, 0.25) is 25.7 Å². The summed E-state index contributed by atoms with van der Waals surface area (Å²) >= 11 is 0. The fourth-order valence-corrected chi connectivity index (χ4v) is 5.41. The predicted octanol–water partition coefficient (Wildman–Crippen LogP) is 4.96. The highest BCUT2D eigenvalue weighted by Gasteiger charge is 2.37. The molecule has 13 heteroatoms. The summed E-state index contributed by atoms with van der Waals surface area (Å²) in [6.07, 6.45) is -0.0991. The van der Waals surface area contributed by atoms with Gasteiger partial charge in [0.2, 0.25) is 5.91 Å². The molecule has 0 saturated carbocycles. The molecule has 2 aromatic heterocycles. The Balaban J connectivity index is 1.63. The van der Waals surface area contributed by atoms with E-state index in [1.54, 1.807) is 10.7 Å². The Morgan fingerprint density at radius 2 is 1.95 bits per heavy atom. The smallest absolute Gasteiger partial charge is 0.267 e. The zero-order chi connectivity index (χ0) is 28.3. The van der Waals surface area contributed by atoms with Crippen molar-refractivity contribution in [1.29, 1.82) is 0 Å². The number of ether oxygens (including phenoxy) is 1. The quantitative estimate of drug-likeness (QED) is 0.201. The summed E-state index contributed by atoms with van der Waals surface area (Å²) in [5, 5.41) is 22.7. The number of rotatable bonds is 11. The van der Waals surface area contributed by atoms with Crippen molar-refractivity contribution in [3.63, 3.8) is 0 Å². The second-order valence-corrected chi connectivity index (χ2v) is 16.3. The average molecular weight is 566 g/mol. The Morgan fingerprint density at radius 3 is 2.59 bits per heavy atom. The van der Waals surface area contributed by atoms with Crippen LogP contribution < -0.4 is 4.90 Å². The molecule has 1 unspecified atom stereocenters. The summed E-state index contributed by atoms with van der Waals surface area (Å²) in [7, 11) is -1.33. The lowest BCUT2D eigenvalue weighted by molar-refractivity contribution is -0.120. The van der Waals surface area contributed by atoms with E-state index < -0.39 is 50.1 Å². The number of hydrogen-bond acceptors (Lipinski definition) is 6. The third-order valence-electron chi connectivity index (χ3n) is 6.73. The maximum absolute atomic E-state index is 14.1. The van der Waals surface area contributed by atoms with Gasteiger partial charge in [-0.2, -0.15) is 15.3 Å². The first-order chi connectivity index (χ1) is 18.5. The Morgan fingerprint density at radius 1 is 1.18 bits per heavy atom. The van der Waals surface area contributed by atoms with Gasteiger partial charge in [0.25, 0.3) is 6.43 Å². The van der Waals surface area contributed by atoms with E-state index in [4.69, 9.17) is 4.74 Å². The molecule has 210 valence electrons. The van der Waals surface area contributed by atoms with E-state index in [0.717, 1.165) is 18.2 Å². The largest absolute Gasteiger partial charge is 0.391 e. The Hall–Kier alpha value is -3.16. The van der Waals surface area contributed by atoms with Gasteiger partial charge in [0.05, 0.1) is 30.3 Å². The highest BCUT2D eigenvalue weighted by Crippen LogP contribution is 2.36. The molecule has 1 aliphatic rings. The van der Waals surface area contributed by atoms with Crippen molar-refractivity contribution in [2.75, 3.05) is 18.1 Å². The second kappa shape index (κ2) is 11.9. The summed E-state index contributed by atoms with van der Waals surface area (Å²) in [5.41, 5.74) is 0.383. The van der Waals surface area contributed by atoms with Gasteiger partial charge < -0.3 is 9.84 Å². The molecule has 1 aromatic carbocycles. The van der Waals surface area contributed by atoms with Gasteiger partial charge in [0, 0.05) is 38.3 Å². The van der Waals surface area contributed by atoms with Crippen molar-refractivity contribution in [2.24, 2.45) is 5.92 Å². The third-order valence-corrected chi connectivity index (χ3v) is 8.44. The number of nitrogens with zero attached hydrogens (tertiary/aromatic N) is 5. The predicted molar refractivity (Wildman–Crippen MR) is 139 cm³/mol. The van der Waals surface area contributed by atoms with Gasteiger partial charge in [-0.1, -0.05) is 25.7 Å². The highest BCUT2D eigenvalue weighted by molar-refractivity contribution is 6.76. The molecule has 4 rings (SSSR count). The van der Waals surface area contributed by atoms with Crippen LogP contribution in [-0.2, 0) is 29.3 Å². The van der Waals surface area contributed by atoms with Crippen molar-refractivity contribution >= 4 is 19.8 Å². The van der Waals surface area contributed by atoms with E-state index in [0.29, 0.717) is 23.4 Å². The Labute approximate surface area is 224 Å². The van der Waals surface area contributed by atoms with Crippen LogP contribution in [0.5, 0.6) is 0 Å². The number of amides is 1. The standard InChI is InChI=1S/C26H31F4N5O3Si/c1-39(2,3)11-10-38-15-35-23(18-6-8-31-32-13-18)19(14-36)25(33-35)34-9-7-17(26(34)37)12-16-4-5-20(27)22(28)21(16)24(29)30/h4-6,8,13,17,24,36H,7,9-12,14-15H2,1-3H3. The lowest BCUT2D eigenvalue weighted by Crippen LogP contribution is -2.29. The van der Waals surface area contributed by atoms with Crippen LogP contribution in [0.25, 0.3) is 11.3 Å². The highest BCUT2D eigenvalue weighted by atomic mass is 28.3. The van der Waals surface area contributed by atoms with Gasteiger partial charge >= 0.3 is 0 Å². The van der Waals surface area contributed by atoms with Crippen molar-refractivity contribution in [2.45, 2.75) is 58.3 Å². The molecule has 1 aliphatic heterocycles. The number of alkyl halides is 2. The second-order valence-electron chi connectivity index (χ2n) is 10.7. The van der Waals surface area contributed by atoms with Crippen LogP contribution in [-0.4, -0.2) is 52.2 Å². The van der Waals surface area contributed by atoms with Gasteiger partial charge in [-0.25, -0.2) is 22.2 Å². The Kier molecular flexibility index (Phi) is 8.82. The molecule has 0 bridgehead atoms. The molecule has 0 aliphatic carbocycles.